The van der Waals surface area contributed by atoms with Gasteiger partial charge in [-0.1, -0.05) is 0 Å². The molecule has 1 N–H and O–H groups in total. The van der Waals surface area contributed by atoms with Crippen molar-refractivity contribution in [1.82, 2.24) is 9.78 Å². The molecule has 1 aromatic heterocycles. The van der Waals surface area contributed by atoms with E-state index < -0.39 is 23.5 Å². The van der Waals surface area contributed by atoms with Crippen molar-refractivity contribution in [2.45, 2.75) is 6.92 Å². The number of hydrogen-bond acceptors (Lipinski definition) is 4. The molecule has 0 aliphatic carbocycles. The molecule has 1 aromatic carbocycles. The van der Waals surface area contributed by atoms with Crippen molar-refractivity contribution in [2.24, 2.45) is 7.05 Å². The number of rotatable bonds is 4. The number of amides is 1. The zero-order valence-corrected chi connectivity index (χ0v) is 11.9. The van der Waals surface area contributed by atoms with Gasteiger partial charge in [0.25, 0.3) is 5.91 Å². The molecule has 22 heavy (non-hydrogen) atoms. The van der Waals surface area contributed by atoms with Crippen molar-refractivity contribution in [1.29, 1.82) is 0 Å². The Bertz CT molecular complexity index is 728. The molecule has 0 atom stereocenters. The lowest BCUT2D eigenvalue weighted by Crippen LogP contribution is -2.18. The van der Waals surface area contributed by atoms with Gasteiger partial charge in [-0.25, -0.2) is 13.6 Å². The van der Waals surface area contributed by atoms with Gasteiger partial charge in [-0.05, 0) is 19.1 Å². The third-order valence-electron chi connectivity index (χ3n) is 2.84. The SMILES string of the molecule is CCOC(=O)c1cnn(C)c1NC(=O)c1ccc(F)cc1F. The molecule has 6 nitrogen and oxygen atoms in total. The highest BCUT2D eigenvalue weighted by molar-refractivity contribution is 6.07. The third kappa shape index (κ3) is 3.11. The molecule has 0 fully saturated rings. The van der Waals surface area contributed by atoms with Crippen LogP contribution in [0.4, 0.5) is 14.6 Å². The number of aromatic nitrogens is 2. The molecule has 2 rings (SSSR count). The second-order valence-electron chi connectivity index (χ2n) is 4.33. The van der Waals surface area contributed by atoms with Crippen molar-refractivity contribution >= 4 is 17.7 Å². The van der Waals surface area contributed by atoms with Gasteiger partial charge in [0.2, 0.25) is 0 Å². The second-order valence-corrected chi connectivity index (χ2v) is 4.33. The third-order valence-corrected chi connectivity index (χ3v) is 2.84. The molecule has 0 spiro atoms. The van der Waals surface area contributed by atoms with Crippen LogP contribution in [0.2, 0.25) is 0 Å². The number of benzene rings is 1. The Morgan fingerprint density at radius 1 is 1.32 bits per heavy atom. The number of halogens is 2. The zero-order chi connectivity index (χ0) is 16.3. The van der Waals surface area contributed by atoms with Gasteiger partial charge < -0.3 is 10.1 Å². The maximum absolute atomic E-state index is 13.6. The first-order valence-electron chi connectivity index (χ1n) is 6.39. The number of nitrogens with one attached hydrogen (secondary N) is 1. The maximum Gasteiger partial charge on any atom is 0.343 e. The predicted molar refractivity (Wildman–Crippen MR) is 73.5 cm³/mol. The fourth-order valence-electron chi connectivity index (χ4n) is 1.79. The lowest BCUT2D eigenvalue weighted by Gasteiger charge is -2.08. The van der Waals surface area contributed by atoms with Crippen LogP contribution >= 0.6 is 0 Å². The minimum atomic E-state index is -1.00. The molecule has 0 bridgehead atoms. The number of nitrogens with zero attached hydrogens (tertiary/aromatic N) is 2. The Labute approximate surface area is 124 Å². The number of ether oxygens (including phenoxy) is 1. The summed E-state index contributed by atoms with van der Waals surface area (Å²) in [5.41, 5.74) is -0.308. The molecule has 1 amide bonds. The Morgan fingerprint density at radius 3 is 2.68 bits per heavy atom. The first kappa shape index (κ1) is 15.6. The van der Waals surface area contributed by atoms with Crippen LogP contribution in [0.5, 0.6) is 0 Å². The molecule has 0 aliphatic heterocycles. The Morgan fingerprint density at radius 2 is 2.05 bits per heavy atom. The Kier molecular flexibility index (Phi) is 4.50. The summed E-state index contributed by atoms with van der Waals surface area (Å²) in [5.74, 6) is -3.22. The van der Waals surface area contributed by atoms with E-state index in [2.05, 4.69) is 10.4 Å². The monoisotopic (exact) mass is 309 g/mol. The summed E-state index contributed by atoms with van der Waals surface area (Å²) in [7, 11) is 1.50. The topological polar surface area (TPSA) is 73.2 Å². The van der Waals surface area contributed by atoms with Crippen molar-refractivity contribution in [3.8, 4) is 0 Å². The van der Waals surface area contributed by atoms with Crippen LogP contribution in [-0.4, -0.2) is 28.3 Å². The van der Waals surface area contributed by atoms with E-state index in [0.717, 1.165) is 12.1 Å². The summed E-state index contributed by atoms with van der Waals surface area (Å²) in [5, 5.41) is 6.22. The van der Waals surface area contributed by atoms with Crippen LogP contribution in [0, 0.1) is 11.6 Å². The average Bonchev–Trinajstić information content (AvgIpc) is 2.80. The van der Waals surface area contributed by atoms with Gasteiger partial charge >= 0.3 is 5.97 Å². The quantitative estimate of drug-likeness (QED) is 0.878. The van der Waals surface area contributed by atoms with Gasteiger partial charge in [-0.3, -0.25) is 9.48 Å². The fraction of sp³-hybridized carbons (Fsp3) is 0.214. The first-order chi connectivity index (χ1) is 10.4. The largest absolute Gasteiger partial charge is 0.462 e. The standard InChI is InChI=1S/C14H13F2N3O3/c1-3-22-14(21)10-7-17-19(2)12(10)18-13(20)9-5-4-8(15)6-11(9)16/h4-7H,3H2,1-2H3,(H,18,20). The zero-order valence-electron chi connectivity index (χ0n) is 11.9. The van der Waals surface area contributed by atoms with Crippen LogP contribution < -0.4 is 5.32 Å². The van der Waals surface area contributed by atoms with Crippen LogP contribution in [0.3, 0.4) is 0 Å². The Balaban J connectivity index is 2.29. The van der Waals surface area contributed by atoms with Gasteiger partial charge in [0.1, 0.15) is 23.0 Å². The number of hydrogen-bond donors (Lipinski definition) is 1. The summed E-state index contributed by atoms with van der Waals surface area (Å²) in [4.78, 5) is 23.8. The van der Waals surface area contributed by atoms with Crippen LogP contribution in [0.25, 0.3) is 0 Å². The smallest absolute Gasteiger partial charge is 0.343 e. The number of aryl methyl sites for hydroxylation is 1. The molecular formula is C14H13F2N3O3. The minimum Gasteiger partial charge on any atom is -0.462 e. The van der Waals surface area contributed by atoms with E-state index in [1.54, 1.807) is 6.92 Å². The van der Waals surface area contributed by atoms with E-state index in [4.69, 9.17) is 4.74 Å². The number of anilines is 1. The molecule has 116 valence electrons. The summed E-state index contributed by atoms with van der Waals surface area (Å²) in [6.07, 6.45) is 1.23. The van der Waals surface area contributed by atoms with E-state index in [0.29, 0.717) is 6.07 Å². The van der Waals surface area contributed by atoms with Crippen molar-refractivity contribution < 1.29 is 23.1 Å². The number of esters is 1. The van der Waals surface area contributed by atoms with Crippen molar-refractivity contribution in [3.05, 3.63) is 47.2 Å². The van der Waals surface area contributed by atoms with Crippen LogP contribution in [0.15, 0.2) is 24.4 Å². The van der Waals surface area contributed by atoms with Gasteiger partial charge in [0.15, 0.2) is 0 Å². The molecule has 0 aliphatic rings. The summed E-state index contributed by atoms with van der Waals surface area (Å²) in [6.45, 7) is 1.80. The number of carbonyl (C=O) groups excluding carboxylic acids is 2. The second kappa shape index (κ2) is 6.33. The highest BCUT2D eigenvalue weighted by Crippen LogP contribution is 2.18. The van der Waals surface area contributed by atoms with Gasteiger partial charge in [-0.2, -0.15) is 5.10 Å². The summed E-state index contributed by atoms with van der Waals surface area (Å²) in [6, 6.07) is 2.58. The van der Waals surface area contributed by atoms with Crippen LogP contribution in [-0.2, 0) is 11.8 Å². The predicted octanol–water partition coefficient (Wildman–Crippen LogP) is 2.13. The van der Waals surface area contributed by atoms with E-state index >= 15 is 0 Å². The van der Waals surface area contributed by atoms with E-state index in [1.165, 1.54) is 17.9 Å². The molecule has 1 heterocycles. The molecule has 0 unspecified atom stereocenters. The maximum atomic E-state index is 13.6. The van der Waals surface area contributed by atoms with Crippen LogP contribution in [0.1, 0.15) is 27.6 Å². The molecule has 8 heteroatoms. The Hall–Kier alpha value is -2.77. The van der Waals surface area contributed by atoms with Crippen molar-refractivity contribution in [2.75, 3.05) is 11.9 Å². The van der Waals surface area contributed by atoms with E-state index in [9.17, 15) is 18.4 Å². The lowest BCUT2D eigenvalue weighted by atomic mass is 10.2. The number of carbonyl (C=O) groups is 2. The van der Waals surface area contributed by atoms with Gasteiger partial charge in [0, 0.05) is 13.1 Å². The summed E-state index contributed by atoms with van der Waals surface area (Å²) >= 11 is 0. The molecule has 0 saturated carbocycles. The highest BCUT2D eigenvalue weighted by Gasteiger charge is 2.21. The lowest BCUT2D eigenvalue weighted by molar-refractivity contribution is 0.0527. The molecule has 0 radical (unpaired) electrons. The fourth-order valence-corrected chi connectivity index (χ4v) is 1.79. The van der Waals surface area contributed by atoms with Gasteiger partial charge in [-0.15, -0.1) is 0 Å². The molecular weight excluding hydrogens is 296 g/mol. The molecule has 2 aromatic rings. The molecule has 0 saturated heterocycles. The minimum absolute atomic E-state index is 0.0419. The van der Waals surface area contributed by atoms with E-state index in [-0.39, 0.29) is 23.6 Å². The average molecular weight is 309 g/mol. The first-order valence-corrected chi connectivity index (χ1v) is 6.39. The highest BCUT2D eigenvalue weighted by atomic mass is 19.1. The van der Waals surface area contributed by atoms with E-state index in [1.807, 2.05) is 0 Å². The van der Waals surface area contributed by atoms with Gasteiger partial charge in [0.05, 0.1) is 18.4 Å². The normalized spacial score (nSPS) is 10.4. The van der Waals surface area contributed by atoms with Crippen molar-refractivity contribution in [3.63, 3.8) is 0 Å². The summed E-state index contributed by atoms with van der Waals surface area (Å²) < 4.78 is 32.5.